The van der Waals surface area contributed by atoms with Gasteiger partial charge in [0.05, 0.1) is 21.3 Å². The molecule has 14 heavy (non-hydrogen) atoms. The highest BCUT2D eigenvalue weighted by Gasteiger charge is 2.19. The van der Waals surface area contributed by atoms with E-state index < -0.39 is 8.46 Å². The van der Waals surface area contributed by atoms with E-state index >= 15 is 0 Å². The lowest BCUT2D eigenvalue weighted by molar-refractivity contribution is 0.380. The van der Waals surface area contributed by atoms with Gasteiger partial charge in [0, 0.05) is 12.1 Å². The molecule has 0 saturated heterocycles. The zero-order chi connectivity index (χ0) is 10.6. The van der Waals surface area contributed by atoms with Crippen molar-refractivity contribution in [1.29, 1.82) is 0 Å². The Hall–Kier alpha value is -1.28. The molecule has 0 N–H and O–H groups in total. The fourth-order valence-corrected chi connectivity index (χ4v) is 1.66. The average Bonchev–Trinajstić information content (AvgIpc) is 2.26. The summed E-state index contributed by atoms with van der Waals surface area (Å²) in [6.07, 6.45) is 0. The van der Waals surface area contributed by atoms with Crippen LogP contribution >= 0.6 is 8.46 Å². The molecule has 1 atom stereocenters. The smallest absolute Gasteiger partial charge is 0.371 e. The third kappa shape index (κ3) is 1.96. The molecule has 0 saturated carbocycles. The minimum Gasteiger partial charge on any atom is -0.496 e. The summed E-state index contributed by atoms with van der Waals surface area (Å²) in [5.41, 5.74) is 0. The predicted octanol–water partition coefficient (Wildman–Crippen LogP) is 1.36. The van der Waals surface area contributed by atoms with Crippen molar-refractivity contribution in [3.63, 3.8) is 0 Å². The lowest BCUT2D eigenvalue weighted by Gasteiger charge is -2.06. The Morgan fingerprint density at radius 2 is 1.50 bits per heavy atom. The molecule has 5 heteroatoms. The summed E-state index contributed by atoms with van der Waals surface area (Å²) < 4.78 is 26.1. The van der Waals surface area contributed by atoms with Gasteiger partial charge in [0.15, 0.2) is 11.5 Å². The predicted molar refractivity (Wildman–Crippen MR) is 54.7 cm³/mol. The largest absolute Gasteiger partial charge is 0.496 e. The Bertz CT molecular complexity index is 313. The Kier molecular flexibility index (Phi) is 3.72. The van der Waals surface area contributed by atoms with Crippen LogP contribution in [0.5, 0.6) is 17.2 Å². The molecule has 0 amide bonds. The number of methoxy groups -OCH3 is 3. The molecule has 1 rings (SSSR count). The standard InChI is InChI=1S/C9H11O4P/c1-11-6-4-7(12-2)9(14-10)8(5-6)13-3/h4-5H,1-3H3/p+1. The molecule has 1 aromatic rings. The van der Waals surface area contributed by atoms with Crippen LogP contribution in [0, 0.1) is 0 Å². The van der Waals surface area contributed by atoms with E-state index in [2.05, 4.69) is 0 Å². The van der Waals surface area contributed by atoms with Crippen molar-refractivity contribution >= 4 is 13.8 Å². The molecule has 0 aromatic heterocycles. The van der Waals surface area contributed by atoms with Gasteiger partial charge in [-0.15, -0.1) is 0 Å². The maximum Gasteiger partial charge on any atom is 0.371 e. The summed E-state index contributed by atoms with van der Waals surface area (Å²) in [6, 6.07) is 3.34. The molecule has 0 aliphatic heterocycles. The van der Waals surface area contributed by atoms with Crippen LogP contribution in [-0.2, 0) is 4.57 Å². The maximum atomic E-state index is 10.9. The summed E-state index contributed by atoms with van der Waals surface area (Å²) in [7, 11) is 3.96. The Morgan fingerprint density at radius 3 is 1.79 bits per heavy atom. The second-order valence-electron chi connectivity index (χ2n) is 2.51. The average molecular weight is 215 g/mol. The highest BCUT2D eigenvalue weighted by Crippen LogP contribution is 2.28. The zero-order valence-electron chi connectivity index (χ0n) is 8.29. The quantitative estimate of drug-likeness (QED) is 0.711. The molecule has 0 heterocycles. The van der Waals surface area contributed by atoms with E-state index in [0.29, 0.717) is 22.6 Å². The van der Waals surface area contributed by atoms with Gasteiger partial charge < -0.3 is 14.2 Å². The van der Waals surface area contributed by atoms with Gasteiger partial charge in [-0.3, -0.25) is 0 Å². The van der Waals surface area contributed by atoms with E-state index in [1.54, 1.807) is 19.2 Å². The SMILES string of the molecule is COc1cc(OC)c([PH+]=O)c(OC)c1. The Labute approximate surface area is 84.0 Å². The zero-order valence-corrected chi connectivity index (χ0v) is 9.29. The molecule has 0 aliphatic carbocycles. The van der Waals surface area contributed by atoms with Crippen LogP contribution in [0.1, 0.15) is 0 Å². The molecule has 0 radical (unpaired) electrons. The van der Waals surface area contributed by atoms with Gasteiger partial charge in [-0.05, 0) is 0 Å². The fourth-order valence-electron chi connectivity index (χ4n) is 1.11. The molecule has 0 bridgehead atoms. The summed E-state index contributed by atoms with van der Waals surface area (Å²) >= 11 is 0. The van der Waals surface area contributed by atoms with Crippen molar-refractivity contribution in [2.45, 2.75) is 0 Å². The van der Waals surface area contributed by atoms with Gasteiger partial charge in [0.25, 0.3) is 5.30 Å². The lowest BCUT2D eigenvalue weighted by Crippen LogP contribution is -2.04. The highest BCUT2D eigenvalue weighted by atomic mass is 31.1. The number of ether oxygens (including phenoxy) is 3. The molecular weight excluding hydrogens is 203 g/mol. The molecule has 76 valence electrons. The van der Waals surface area contributed by atoms with E-state index in [9.17, 15) is 4.57 Å². The van der Waals surface area contributed by atoms with Gasteiger partial charge in [-0.1, -0.05) is 4.57 Å². The molecule has 1 unspecified atom stereocenters. The van der Waals surface area contributed by atoms with Crippen molar-refractivity contribution in [3.05, 3.63) is 12.1 Å². The number of rotatable bonds is 4. The maximum absolute atomic E-state index is 10.9. The third-order valence-electron chi connectivity index (χ3n) is 1.82. The molecule has 1 aromatic carbocycles. The first-order valence-corrected chi connectivity index (χ1v) is 4.85. The molecule has 0 aliphatic rings. The monoisotopic (exact) mass is 215 g/mol. The van der Waals surface area contributed by atoms with Crippen LogP contribution in [-0.4, -0.2) is 21.3 Å². The minimum atomic E-state index is -0.616. The third-order valence-corrected chi connectivity index (χ3v) is 2.51. The van der Waals surface area contributed by atoms with Crippen molar-refractivity contribution in [3.8, 4) is 17.2 Å². The van der Waals surface area contributed by atoms with Crippen LogP contribution in [0.25, 0.3) is 0 Å². The van der Waals surface area contributed by atoms with Crippen LogP contribution in [0.15, 0.2) is 12.1 Å². The fraction of sp³-hybridized carbons (Fsp3) is 0.333. The first-order valence-electron chi connectivity index (χ1n) is 3.95. The second-order valence-corrected chi connectivity index (χ2v) is 3.21. The van der Waals surface area contributed by atoms with Crippen LogP contribution in [0.2, 0.25) is 0 Å². The van der Waals surface area contributed by atoms with E-state index in [0.717, 1.165) is 0 Å². The summed E-state index contributed by atoms with van der Waals surface area (Å²) in [4.78, 5) is 0. The summed E-state index contributed by atoms with van der Waals surface area (Å²) in [5.74, 6) is 1.63. The first kappa shape index (κ1) is 10.8. The second kappa shape index (κ2) is 4.82. The molecule has 4 nitrogen and oxygen atoms in total. The molecular formula is C9H12O4P+. The number of hydrogen-bond acceptors (Lipinski definition) is 4. The Morgan fingerprint density at radius 1 is 1.00 bits per heavy atom. The van der Waals surface area contributed by atoms with Crippen molar-refractivity contribution in [1.82, 2.24) is 0 Å². The first-order chi connectivity index (χ1) is 6.76. The number of hydrogen-bond donors (Lipinski definition) is 0. The van der Waals surface area contributed by atoms with Crippen molar-refractivity contribution < 1.29 is 18.8 Å². The molecule has 0 spiro atoms. The molecule has 0 fully saturated rings. The highest BCUT2D eigenvalue weighted by molar-refractivity contribution is 7.34. The lowest BCUT2D eigenvalue weighted by atomic mass is 10.3. The van der Waals surface area contributed by atoms with Crippen molar-refractivity contribution in [2.24, 2.45) is 0 Å². The van der Waals surface area contributed by atoms with Gasteiger partial charge in [-0.2, -0.15) is 0 Å². The Balaban J connectivity index is 3.31. The van der Waals surface area contributed by atoms with E-state index in [1.165, 1.54) is 14.2 Å². The van der Waals surface area contributed by atoms with Crippen LogP contribution in [0.4, 0.5) is 0 Å². The topological polar surface area (TPSA) is 44.8 Å². The van der Waals surface area contributed by atoms with Gasteiger partial charge >= 0.3 is 8.46 Å². The van der Waals surface area contributed by atoms with E-state index in [1.807, 2.05) is 0 Å². The summed E-state index contributed by atoms with van der Waals surface area (Å²) in [5, 5.41) is 0.538. The normalized spacial score (nSPS) is 9.93. The van der Waals surface area contributed by atoms with Gasteiger partial charge in [-0.25, -0.2) is 0 Å². The minimum absolute atomic E-state index is 0.509. The van der Waals surface area contributed by atoms with Crippen LogP contribution < -0.4 is 19.5 Å². The van der Waals surface area contributed by atoms with E-state index in [-0.39, 0.29) is 0 Å². The van der Waals surface area contributed by atoms with Gasteiger partial charge in [0.1, 0.15) is 5.75 Å². The summed E-state index contributed by atoms with van der Waals surface area (Å²) in [6.45, 7) is 0. The van der Waals surface area contributed by atoms with E-state index in [4.69, 9.17) is 14.2 Å². The number of benzene rings is 1. The van der Waals surface area contributed by atoms with Crippen LogP contribution in [0.3, 0.4) is 0 Å². The van der Waals surface area contributed by atoms with Gasteiger partial charge in [0.2, 0.25) is 0 Å². The van der Waals surface area contributed by atoms with Crippen molar-refractivity contribution in [2.75, 3.05) is 21.3 Å².